The van der Waals surface area contributed by atoms with Crippen molar-refractivity contribution < 1.29 is 17.9 Å². The molecule has 1 N–H and O–H groups in total. The molecule has 0 atom stereocenters. The molecule has 0 aliphatic carbocycles. The maximum absolute atomic E-state index is 13.6. The van der Waals surface area contributed by atoms with Crippen LogP contribution in [0.1, 0.15) is 23.9 Å². The molecule has 1 heterocycles. The number of ether oxygens (including phenoxy) is 1. The highest BCUT2D eigenvalue weighted by Gasteiger charge is 2.29. The van der Waals surface area contributed by atoms with Crippen LogP contribution in [-0.2, 0) is 14.8 Å². The average molecular weight is 600 g/mol. The Balaban J connectivity index is 1.59. The van der Waals surface area contributed by atoms with E-state index < -0.39 is 22.5 Å². The predicted molar refractivity (Wildman–Crippen MR) is 160 cm³/mol. The van der Waals surface area contributed by atoms with Crippen molar-refractivity contribution in [3.8, 4) is 11.4 Å². The van der Waals surface area contributed by atoms with Crippen molar-refractivity contribution >= 4 is 51.0 Å². The van der Waals surface area contributed by atoms with Gasteiger partial charge in [-0.05, 0) is 69.3 Å². The van der Waals surface area contributed by atoms with E-state index in [4.69, 9.17) is 27.9 Å². The van der Waals surface area contributed by atoms with Crippen LogP contribution in [0.25, 0.3) is 5.69 Å². The highest BCUT2D eigenvalue weighted by Crippen LogP contribution is 2.32. The number of aryl methyl sites for hydroxylation is 1. The minimum atomic E-state index is -4.10. The number of anilines is 1. The lowest BCUT2D eigenvalue weighted by molar-refractivity contribution is -0.119. The zero-order valence-corrected chi connectivity index (χ0v) is 24.5. The first-order valence-corrected chi connectivity index (χ1v) is 14.6. The third-order valence-electron chi connectivity index (χ3n) is 6.07. The lowest BCUT2D eigenvalue weighted by Crippen LogP contribution is -2.39. The monoisotopic (exact) mass is 598 g/mol. The number of sulfonamides is 1. The fraction of sp³-hybridized carbons (Fsp3) is 0.172. The summed E-state index contributed by atoms with van der Waals surface area (Å²) < 4.78 is 35.9. The van der Waals surface area contributed by atoms with Crippen molar-refractivity contribution in [2.45, 2.75) is 25.7 Å². The first-order chi connectivity index (χ1) is 19.1. The van der Waals surface area contributed by atoms with Crippen LogP contribution in [0.5, 0.6) is 5.75 Å². The molecule has 4 rings (SSSR count). The third-order valence-corrected chi connectivity index (χ3v) is 8.38. The fourth-order valence-corrected chi connectivity index (χ4v) is 6.20. The molecule has 0 saturated heterocycles. The largest absolute Gasteiger partial charge is 0.492 e. The van der Waals surface area contributed by atoms with E-state index >= 15 is 0 Å². The number of benzene rings is 3. The molecule has 0 saturated carbocycles. The number of amides is 1. The number of nitrogens with one attached hydrogen (secondary N) is 1. The summed E-state index contributed by atoms with van der Waals surface area (Å²) in [6.45, 7) is 5.44. The first-order valence-electron chi connectivity index (χ1n) is 12.4. The van der Waals surface area contributed by atoms with Gasteiger partial charge in [0.1, 0.15) is 12.3 Å². The minimum absolute atomic E-state index is 0.0471. The van der Waals surface area contributed by atoms with Crippen LogP contribution >= 0.6 is 23.2 Å². The molecule has 0 radical (unpaired) electrons. The normalized spacial score (nSPS) is 11.5. The molecular formula is C29H28Cl2N4O4S. The Kier molecular flexibility index (Phi) is 9.19. The van der Waals surface area contributed by atoms with E-state index in [1.807, 2.05) is 30.5 Å². The Morgan fingerprint density at radius 1 is 1.02 bits per heavy atom. The molecule has 8 nitrogen and oxygen atoms in total. The molecule has 0 aliphatic heterocycles. The maximum atomic E-state index is 13.6. The molecule has 11 heteroatoms. The molecule has 0 unspecified atom stereocenters. The van der Waals surface area contributed by atoms with Gasteiger partial charge in [-0.3, -0.25) is 9.10 Å². The Bertz CT molecular complexity index is 1650. The van der Waals surface area contributed by atoms with E-state index in [0.717, 1.165) is 26.9 Å². The number of hydrazone groups is 1. The number of hydrogen-bond donors (Lipinski definition) is 1. The number of para-hydroxylation sites is 2. The predicted octanol–water partition coefficient (Wildman–Crippen LogP) is 6.15. The second-order valence-corrected chi connectivity index (χ2v) is 11.5. The zero-order chi connectivity index (χ0) is 28.9. The summed E-state index contributed by atoms with van der Waals surface area (Å²) in [6, 6.07) is 21.8. The first kappa shape index (κ1) is 29.2. The van der Waals surface area contributed by atoms with Gasteiger partial charge in [0.05, 0.1) is 34.1 Å². The number of hydrogen-bond acceptors (Lipinski definition) is 5. The number of halogens is 2. The molecule has 0 fully saturated rings. The topological polar surface area (TPSA) is 93.0 Å². The second kappa shape index (κ2) is 12.6. The third kappa shape index (κ3) is 6.33. The SMILES string of the molecule is CCOc1ccccc1N(CC(=O)N/N=C/c1cc(C)n(-c2ccc(Cl)cc2Cl)c1C)S(=O)(=O)c1ccccc1. The summed E-state index contributed by atoms with van der Waals surface area (Å²) in [5.41, 5.74) is 5.96. The lowest BCUT2D eigenvalue weighted by Gasteiger charge is -2.25. The van der Waals surface area contributed by atoms with Gasteiger partial charge in [-0.25, -0.2) is 13.8 Å². The van der Waals surface area contributed by atoms with Gasteiger partial charge in [-0.1, -0.05) is 53.5 Å². The number of carbonyl (C=O) groups is 1. The molecule has 3 aromatic carbocycles. The van der Waals surface area contributed by atoms with Crippen molar-refractivity contribution in [3.05, 3.63) is 106 Å². The fourth-order valence-electron chi connectivity index (χ4n) is 4.25. The van der Waals surface area contributed by atoms with Gasteiger partial charge in [-0.2, -0.15) is 5.10 Å². The van der Waals surface area contributed by atoms with Gasteiger partial charge in [0.15, 0.2) is 0 Å². The number of rotatable bonds is 10. The van der Waals surface area contributed by atoms with Crippen LogP contribution in [0.3, 0.4) is 0 Å². The van der Waals surface area contributed by atoms with E-state index in [9.17, 15) is 13.2 Å². The van der Waals surface area contributed by atoms with Crippen LogP contribution in [0.15, 0.2) is 88.9 Å². The quantitative estimate of drug-likeness (QED) is 0.175. The zero-order valence-electron chi connectivity index (χ0n) is 22.1. The van der Waals surface area contributed by atoms with Crippen LogP contribution < -0.4 is 14.5 Å². The Labute approximate surface area is 243 Å². The lowest BCUT2D eigenvalue weighted by atomic mass is 10.2. The molecule has 0 bridgehead atoms. The maximum Gasteiger partial charge on any atom is 0.264 e. The number of aromatic nitrogens is 1. The van der Waals surface area contributed by atoms with E-state index in [-0.39, 0.29) is 10.6 Å². The standard InChI is InChI=1S/C29H28Cl2N4O4S/c1-4-39-28-13-9-8-12-27(28)34(40(37,38)24-10-6-5-7-11-24)19-29(36)33-32-18-22-16-20(2)35(21(22)3)26-15-14-23(30)17-25(26)31/h5-18H,4,19H2,1-3H3,(H,33,36)/b32-18+. The Morgan fingerprint density at radius 2 is 1.73 bits per heavy atom. The molecule has 0 spiro atoms. The molecule has 0 aliphatic rings. The summed E-state index contributed by atoms with van der Waals surface area (Å²) in [4.78, 5) is 13.1. The van der Waals surface area contributed by atoms with Crippen LogP contribution in [0.4, 0.5) is 5.69 Å². The molecular weight excluding hydrogens is 571 g/mol. The van der Waals surface area contributed by atoms with E-state index in [2.05, 4.69) is 10.5 Å². The molecule has 4 aromatic rings. The highest BCUT2D eigenvalue weighted by molar-refractivity contribution is 7.92. The van der Waals surface area contributed by atoms with Crippen molar-refractivity contribution in [2.75, 3.05) is 17.5 Å². The van der Waals surface area contributed by atoms with Crippen molar-refractivity contribution in [1.82, 2.24) is 9.99 Å². The van der Waals surface area contributed by atoms with Gasteiger partial charge < -0.3 is 9.30 Å². The smallest absolute Gasteiger partial charge is 0.264 e. The molecule has 40 heavy (non-hydrogen) atoms. The van der Waals surface area contributed by atoms with Gasteiger partial charge in [0, 0.05) is 22.0 Å². The van der Waals surface area contributed by atoms with Crippen LogP contribution in [0, 0.1) is 13.8 Å². The van der Waals surface area contributed by atoms with E-state index in [1.54, 1.807) is 61.5 Å². The van der Waals surface area contributed by atoms with Gasteiger partial charge in [0.25, 0.3) is 15.9 Å². The van der Waals surface area contributed by atoms with Gasteiger partial charge in [0.2, 0.25) is 0 Å². The van der Waals surface area contributed by atoms with Crippen molar-refractivity contribution in [1.29, 1.82) is 0 Å². The summed E-state index contributed by atoms with van der Waals surface area (Å²) in [5, 5.41) is 5.14. The molecule has 208 valence electrons. The van der Waals surface area contributed by atoms with Gasteiger partial charge >= 0.3 is 0 Å². The minimum Gasteiger partial charge on any atom is -0.492 e. The molecule has 1 aromatic heterocycles. The Morgan fingerprint density at radius 3 is 2.42 bits per heavy atom. The number of nitrogens with zero attached hydrogens (tertiary/aromatic N) is 3. The van der Waals surface area contributed by atoms with Crippen LogP contribution in [-0.4, -0.2) is 38.3 Å². The summed E-state index contributed by atoms with van der Waals surface area (Å²) in [6.07, 6.45) is 1.50. The Hall–Kier alpha value is -3.79. The average Bonchev–Trinajstić information content (AvgIpc) is 3.21. The van der Waals surface area contributed by atoms with Gasteiger partial charge in [-0.15, -0.1) is 0 Å². The second-order valence-electron chi connectivity index (χ2n) is 8.78. The molecule has 1 amide bonds. The summed E-state index contributed by atoms with van der Waals surface area (Å²) >= 11 is 12.5. The number of carbonyl (C=O) groups excluding carboxylic acids is 1. The van der Waals surface area contributed by atoms with E-state index in [1.165, 1.54) is 18.3 Å². The summed E-state index contributed by atoms with van der Waals surface area (Å²) in [7, 11) is -4.10. The highest BCUT2D eigenvalue weighted by atomic mass is 35.5. The van der Waals surface area contributed by atoms with Crippen molar-refractivity contribution in [3.63, 3.8) is 0 Å². The van der Waals surface area contributed by atoms with Crippen molar-refractivity contribution in [2.24, 2.45) is 5.10 Å². The van der Waals surface area contributed by atoms with Crippen LogP contribution in [0.2, 0.25) is 10.0 Å². The summed E-state index contributed by atoms with van der Waals surface area (Å²) in [5.74, 6) is -0.286. The van der Waals surface area contributed by atoms with E-state index in [0.29, 0.717) is 22.4 Å².